The van der Waals surface area contributed by atoms with Crippen molar-refractivity contribution >= 4 is 5.97 Å². The van der Waals surface area contributed by atoms with Gasteiger partial charge in [0.1, 0.15) is 0 Å². The zero-order valence-corrected chi connectivity index (χ0v) is 12.5. The maximum absolute atomic E-state index is 13.2. The standard InChI is InChI=1S/C16H24F2O3/c1-2-16(17,18)3-4-21-13(19)14-6-11-5-12(7-14)9-15(20,8-11)10-14/h11-12,20H,2-10H2,1H3. The van der Waals surface area contributed by atoms with Gasteiger partial charge in [0, 0.05) is 12.8 Å². The molecule has 0 saturated heterocycles. The van der Waals surface area contributed by atoms with E-state index in [4.69, 9.17) is 4.74 Å². The summed E-state index contributed by atoms with van der Waals surface area (Å²) < 4.78 is 31.6. The number of alkyl halides is 2. The van der Waals surface area contributed by atoms with Crippen LogP contribution in [0.5, 0.6) is 0 Å². The van der Waals surface area contributed by atoms with Crippen LogP contribution in [-0.2, 0) is 9.53 Å². The van der Waals surface area contributed by atoms with Crippen LogP contribution in [0.4, 0.5) is 8.78 Å². The Morgan fingerprint density at radius 3 is 2.43 bits per heavy atom. The van der Waals surface area contributed by atoms with Crippen LogP contribution in [0.1, 0.15) is 58.3 Å². The van der Waals surface area contributed by atoms with Gasteiger partial charge in [-0.2, -0.15) is 0 Å². The Balaban J connectivity index is 1.62. The van der Waals surface area contributed by atoms with Crippen molar-refractivity contribution in [3.63, 3.8) is 0 Å². The lowest BCUT2D eigenvalue weighted by Crippen LogP contribution is -2.58. The molecule has 0 heterocycles. The van der Waals surface area contributed by atoms with Gasteiger partial charge in [-0.3, -0.25) is 4.79 Å². The minimum Gasteiger partial charge on any atom is -0.465 e. The molecular weight excluding hydrogens is 278 g/mol. The van der Waals surface area contributed by atoms with Gasteiger partial charge >= 0.3 is 5.97 Å². The van der Waals surface area contributed by atoms with Crippen LogP contribution in [0.3, 0.4) is 0 Å². The molecule has 2 unspecified atom stereocenters. The number of hydrogen-bond acceptors (Lipinski definition) is 3. The van der Waals surface area contributed by atoms with Gasteiger partial charge in [-0.15, -0.1) is 0 Å². The smallest absolute Gasteiger partial charge is 0.312 e. The lowest BCUT2D eigenvalue weighted by atomic mass is 9.48. The third kappa shape index (κ3) is 2.81. The second kappa shape index (κ2) is 4.90. The SMILES string of the molecule is CCC(F)(F)CCOC(=O)C12CC3CC(CC(O)(C3)C1)C2. The topological polar surface area (TPSA) is 46.5 Å². The molecule has 0 aromatic heterocycles. The Kier molecular flexibility index (Phi) is 3.55. The lowest BCUT2D eigenvalue weighted by Gasteiger charge is -2.58. The molecule has 4 bridgehead atoms. The average molecular weight is 302 g/mol. The molecule has 0 amide bonds. The van der Waals surface area contributed by atoms with E-state index in [1.165, 1.54) is 6.92 Å². The van der Waals surface area contributed by atoms with Crippen LogP contribution in [0.15, 0.2) is 0 Å². The summed E-state index contributed by atoms with van der Waals surface area (Å²) in [5.74, 6) is -2.34. The number of ether oxygens (including phenoxy) is 1. The molecule has 0 radical (unpaired) electrons. The summed E-state index contributed by atoms with van der Waals surface area (Å²) in [5.41, 5.74) is -1.34. The number of carbonyl (C=O) groups is 1. The molecule has 4 fully saturated rings. The first-order chi connectivity index (χ1) is 9.76. The van der Waals surface area contributed by atoms with E-state index in [2.05, 4.69) is 0 Å². The number of aliphatic hydroxyl groups is 1. The van der Waals surface area contributed by atoms with Gasteiger partial charge in [-0.05, 0) is 50.4 Å². The van der Waals surface area contributed by atoms with Crippen molar-refractivity contribution in [3.8, 4) is 0 Å². The highest BCUT2D eigenvalue weighted by atomic mass is 19.3. The van der Waals surface area contributed by atoms with Crippen LogP contribution in [0.25, 0.3) is 0 Å². The van der Waals surface area contributed by atoms with E-state index < -0.39 is 23.4 Å². The Hall–Kier alpha value is -0.710. The molecule has 0 aliphatic heterocycles. The molecule has 1 N–H and O–H groups in total. The Morgan fingerprint density at radius 2 is 1.90 bits per heavy atom. The predicted molar refractivity (Wildman–Crippen MR) is 72.9 cm³/mol. The average Bonchev–Trinajstić information content (AvgIpc) is 2.35. The molecule has 0 aromatic rings. The second-order valence-corrected chi connectivity index (χ2v) is 7.56. The van der Waals surface area contributed by atoms with E-state index in [0.29, 0.717) is 18.3 Å². The molecule has 4 saturated carbocycles. The Bertz CT molecular complexity index is 421. The highest BCUT2D eigenvalue weighted by molar-refractivity contribution is 5.77. The maximum Gasteiger partial charge on any atom is 0.312 e. The fourth-order valence-electron chi connectivity index (χ4n) is 5.08. The van der Waals surface area contributed by atoms with Crippen LogP contribution in [0, 0.1) is 17.3 Å². The quantitative estimate of drug-likeness (QED) is 0.793. The summed E-state index contributed by atoms with van der Waals surface area (Å²) in [6.45, 7) is 1.20. The number of rotatable bonds is 5. The van der Waals surface area contributed by atoms with E-state index >= 15 is 0 Å². The van der Waals surface area contributed by atoms with Crippen LogP contribution in [0.2, 0.25) is 0 Å². The first-order valence-corrected chi connectivity index (χ1v) is 8.03. The first kappa shape index (κ1) is 15.2. The summed E-state index contributed by atoms with van der Waals surface area (Å²) in [6.07, 6.45) is 3.98. The summed E-state index contributed by atoms with van der Waals surface area (Å²) in [5, 5.41) is 10.6. The maximum atomic E-state index is 13.2. The van der Waals surface area contributed by atoms with Crippen molar-refractivity contribution in [2.75, 3.05) is 6.61 Å². The number of halogens is 2. The second-order valence-electron chi connectivity index (χ2n) is 7.56. The third-order valence-corrected chi connectivity index (χ3v) is 5.68. The molecule has 3 nitrogen and oxygen atoms in total. The van der Waals surface area contributed by atoms with Gasteiger partial charge in [0.05, 0.1) is 17.6 Å². The van der Waals surface area contributed by atoms with Gasteiger partial charge in [0.25, 0.3) is 5.92 Å². The molecule has 4 aliphatic rings. The van der Waals surface area contributed by atoms with Crippen molar-refractivity contribution < 1.29 is 23.4 Å². The Labute approximate surface area is 124 Å². The highest BCUT2D eigenvalue weighted by Gasteiger charge is 2.60. The monoisotopic (exact) mass is 302 g/mol. The van der Waals surface area contributed by atoms with Gasteiger partial charge in [-0.25, -0.2) is 8.78 Å². The molecule has 0 aromatic carbocycles. The van der Waals surface area contributed by atoms with Gasteiger partial charge in [0.15, 0.2) is 0 Å². The summed E-state index contributed by atoms with van der Waals surface area (Å²) in [7, 11) is 0. The molecule has 4 aliphatic carbocycles. The molecule has 4 rings (SSSR count). The van der Waals surface area contributed by atoms with Crippen molar-refractivity contribution in [3.05, 3.63) is 0 Å². The van der Waals surface area contributed by atoms with Gasteiger partial charge < -0.3 is 9.84 Å². The van der Waals surface area contributed by atoms with Crippen LogP contribution < -0.4 is 0 Å². The molecule has 120 valence electrons. The molecule has 5 heteroatoms. The van der Waals surface area contributed by atoms with E-state index in [0.717, 1.165) is 32.1 Å². The van der Waals surface area contributed by atoms with Crippen LogP contribution >= 0.6 is 0 Å². The van der Waals surface area contributed by atoms with E-state index in [-0.39, 0.29) is 19.0 Å². The van der Waals surface area contributed by atoms with Crippen molar-refractivity contribution in [1.29, 1.82) is 0 Å². The van der Waals surface area contributed by atoms with Crippen molar-refractivity contribution in [1.82, 2.24) is 0 Å². The minimum absolute atomic E-state index is 0.227. The fourth-order valence-corrected chi connectivity index (χ4v) is 5.08. The molecule has 0 spiro atoms. The molecule has 2 atom stereocenters. The van der Waals surface area contributed by atoms with E-state index in [9.17, 15) is 18.7 Å². The van der Waals surface area contributed by atoms with Crippen molar-refractivity contribution in [2.45, 2.75) is 69.8 Å². The number of esters is 1. The fraction of sp³-hybridized carbons (Fsp3) is 0.938. The lowest BCUT2D eigenvalue weighted by molar-refractivity contribution is -0.197. The van der Waals surface area contributed by atoms with Crippen molar-refractivity contribution in [2.24, 2.45) is 17.3 Å². The summed E-state index contributed by atoms with van der Waals surface area (Å²) >= 11 is 0. The molecule has 21 heavy (non-hydrogen) atoms. The predicted octanol–water partition coefficient (Wildman–Crippen LogP) is 3.30. The highest BCUT2D eigenvalue weighted by Crippen LogP contribution is 2.61. The van der Waals surface area contributed by atoms with Gasteiger partial charge in [-0.1, -0.05) is 6.92 Å². The number of carbonyl (C=O) groups excluding carboxylic acids is 1. The molecular formula is C16H24F2O3. The van der Waals surface area contributed by atoms with E-state index in [1.807, 2.05) is 0 Å². The zero-order chi connectivity index (χ0) is 15.3. The van der Waals surface area contributed by atoms with Gasteiger partial charge in [0.2, 0.25) is 0 Å². The normalized spacial score (nSPS) is 41.3. The Morgan fingerprint density at radius 1 is 1.29 bits per heavy atom. The summed E-state index contributed by atoms with van der Waals surface area (Å²) in [4.78, 5) is 12.4. The zero-order valence-electron chi connectivity index (χ0n) is 12.5. The first-order valence-electron chi connectivity index (χ1n) is 8.03. The largest absolute Gasteiger partial charge is 0.465 e. The summed E-state index contributed by atoms with van der Waals surface area (Å²) in [6, 6.07) is 0. The minimum atomic E-state index is -2.76. The van der Waals surface area contributed by atoms with Crippen LogP contribution in [-0.4, -0.2) is 29.2 Å². The third-order valence-electron chi connectivity index (χ3n) is 5.68. The number of hydrogen-bond donors (Lipinski definition) is 1. The van der Waals surface area contributed by atoms with E-state index in [1.54, 1.807) is 0 Å².